The number of aromatic nitrogens is 4. The fourth-order valence-corrected chi connectivity index (χ4v) is 3.75. The summed E-state index contributed by atoms with van der Waals surface area (Å²) in [4.78, 5) is 22.4. The zero-order chi connectivity index (χ0) is 42.8. The third kappa shape index (κ3) is 6.53. The molecule has 3 heterocycles. The molecule has 0 aliphatic carbocycles. The Bertz CT molecular complexity index is 2190. The molecule has 0 unspecified atom stereocenters. The SMILES string of the molecule is [2H]c1c([2H])c([2H])c(-c2nn(-c3ccnc(Nc4cc(NC(=O)C=C)c(N5C([2H])([2H])C([2H])([2H])OC([2H])([2H])C5([2H])[2H])cc4OC)n3)cc2CN(C)C([2H])([2H])[2H])c([2H])c1[2H]. The van der Waals surface area contributed by atoms with Crippen LogP contribution >= 0.6 is 0 Å². The maximum Gasteiger partial charge on any atom is 0.247 e. The smallest absolute Gasteiger partial charge is 0.247 e. The third-order valence-electron chi connectivity index (χ3n) is 5.48. The Morgan fingerprint density at radius 1 is 1.29 bits per heavy atom. The molecular formula is C30H34N8O3. The number of amides is 1. The number of anilines is 4. The number of methoxy groups -OCH3 is 1. The summed E-state index contributed by atoms with van der Waals surface area (Å²) >= 11 is 0. The first-order chi connectivity index (χ1) is 26.2. The summed E-state index contributed by atoms with van der Waals surface area (Å²) in [5.74, 6) is -1.18. The topological polar surface area (TPSA) is 110 Å². The summed E-state index contributed by atoms with van der Waals surface area (Å²) in [6.07, 6.45) is 3.50. The Kier molecular flexibility index (Phi) is 4.38. The lowest BCUT2D eigenvalue weighted by Gasteiger charge is -2.31. The highest BCUT2D eigenvalue weighted by Crippen LogP contribution is 2.38. The van der Waals surface area contributed by atoms with Crippen LogP contribution in [0.1, 0.15) is 27.5 Å². The van der Waals surface area contributed by atoms with Crippen LogP contribution in [0, 0.1) is 0 Å². The Labute approximate surface area is 261 Å². The predicted octanol–water partition coefficient (Wildman–Crippen LogP) is 4.10. The normalized spacial score (nSPS) is 24.1. The van der Waals surface area contributed by atoms with Gasteiger partial charge < -0.3 is 29.9 Å². The second-order valence-corrected chi connectivity index (χ2v) is 8.30. The summed E-state index contributed by atoms with van der Waals surface area (Å²) in [5.41, 5.74) is -1.18. The zero-order valence-corrected chi connectivity index (χ0v) is 21.8. The molecule has 41 heavy (non-hydrogen) atoms. The van der Waals surface area contributed by atoms with Crippen molar-refractivity contribution in [1.82, 2.24) is 24.6 Å². The Morgan fingerprint density at radius 2 is 2.10 bits per heavy atom. The summed E-state index contributed by atoms with van der Waals surface area (Å²) in [5, 5.41) is 9.71. The zero-order valence-electron chi connectivity index (χ0n) is 37.8. The number of nitrogens with zero attached hydrogens (tertiary/aromatic N) is 6. The number of hydrogen-bond donors (Lipinski definition) is 2. The van der Waals surface area contributed by atoms with Crippen molar-refractivity contribution in [1.29, 1.82) is 0 Å². The fraction of sp³-hybridized carbons (Fsp3) is 0.267. The molecule has 11 nitrogen and oxygen atoms in total. The summed E-state index contributed by atoms with van der Waals surface area (Å²) in [6, 6.07) is 0.501. The van der Waals surface area contributed by atoms with Crippen LogP contribution in [0.15, 0.2) is 73.5 Å². The fourth-order valence-electron chi connectivity index (χ4n) is 3.75. The highest BCUT2D eigenvalue weighted by Gasteiger charge is 2.20. The summed E-state index contributed by atoms with van der Waals surface area (Å²) < 4.78 is 143. The quantitative estimate of drug-likeness (QED) is 0.272. The van der Waals surface area contributed by atoms with Gasteiger partial charge in [0.05, 0.1) is 60.8 Å². The lowest BCUT2D eigenvalue weighted by atomic mass is 10.1. The molecule has 0 spiro atoms. The highest BCUT2D eigenvalue weighted by molar-refractivity contribution is 6.02. The van der Waals surface area contributed by atoms with Crippen LogP contribution in [0.2, 0.25) is 0 Å². The van der Waals surface area contributed by atoms with E-state index in [0.29, 0.717) is 0 Å². The minimum atomic E-state index is -3.42. The first kappa shape index (κ1) is 14.2. The number of nitrogens with one attached hydrogen (secondary N) is 2. The molecule has 2 aromatic heterocycles. The Balaban J connectivity index is 1.64. The molecule has 11 heteroatoms. The van der Waals surface area contributed by atoms with Crippen molar-refractivity contribution < 1.29 is 36.2 Å². The molecule has 1 amide bonds. The third-order valence-corrected chi connectivity index (χ3v) is 5.48. The summed E-state index contributed by atoms with van der Waals surface area (Å²) in [7, 11) is 2.49. The van der Waals surface area contributed by atoms with E-state index in [-0.39, 0.29) is 57.2 Å². The van der Waals surface area contributed by atoms with Gasteiger partial charge in [-0.15, -0.1) is 0 Å². The van der Waals surface area contributed by atoms with Gasteiger partial charge in [0.2, 0.25) is 11.9 Å². The second-order valence-electron chi connectivity index (χ2n) is 8.30. The van der Waals surface area contributed by atoms with E-state index in [0.717, 1.165) is 23.1 Å². The van der Waals surface area contributed by atoms with Crippen molar-refractivity contribution >= 4 is 28.9 Å². The lowest BCUT2D eigenvalue weighted by molar-refractivity contribution is -0.111. The van der Waals surface area contributed by atoms with Crippen LogP contribution in [0.3, 0.4) is 0 Å². The molecule has 212 valence electrons. The van der Waals surface area contributed by atoms with Gasteiger partial charge in [-0.3, -0.25) is 4.79 Å². The van der Waals surface area contributed by atoms with Crippen molar-refractivity contribution in [3.05, 3.63) is 79.0 Å². The van der Waals surface area contributed by atoms with E-state index in [4.69, 9.17) is 26.7 Å². The van der Waals surface area contributed by atoms with Gasteiger partial charge in [0.25, 0.3) is 0 Å². The number of carbonyl (C=O) groups excluding carboxylic acids is 1. The van der Waals surface area contributed by atoms with E-state index >= 15 is 0 Å². The van der Waals surface area contributed by atoms with E-state index in [1.165, 1.54) is 37.3 Å². The van der Waals surface area contributed by atoms with Gasteiger partial charge in [0, 0.05) is 59.3 Å². The average Bonchev–Trinajstić information content (AvgIpc) is 3.52. The lowest BCUT2D eigenvalue weighted by Crippen LogP contribution is -2.36. The number of benzene rings is 2. The van der Waals surface area contributed by atoms with Crippen LogP contribution in [0.4, 0.5) is 23.0 Å². The molecule has 1 aliphatic heterocycles. The van der Waals surface area contributed by atoms with Crippen molar-refractivity contribution in [3.63, 3.8) is 0 Å². The van der Waals surface area contributed by atoms with E-state index in [2.05, 4.69) is 37.0 Å². The van der Waals surface area contributed by atoms with Gasteiger partial charge in [-0.05, 0) is 26.2 Å². The number of morpholine rings is 1. The molecule has 0 radical (unpaired) electrons. The molecule has 1 saturated heterocycles. The molecule has 4 aromatic rings. The molecule has 2 aromatic carbocycles. The standard InChI is InChI=1S/C30H34N8O3/c1-5-28(39)32-23-17-24(26(40-4)18-25(23)37-13-15-41-16-14-37)33-30-31-12-11-27(34-30)38-20-22(19-36(2)3)29(35-38)21-9-7-6-8-10-21/h5-12,17-18,20H,1,13-16,19H2,2-4H3,(H,32,39)(H,31,33,34)/i2D3,6D,7D,8D,9D,10D,13D2,14D2,15D2,16D2. The van der Waals surface area contributed by atoms with Crippen LogP contribution in [0.25, 0.3) is 17.1 Å². The van der Waals surface area contributed by atoms with Crippen LogP contribution in [-0.2, 0) is 16.1 Å². The van der Waals surface area contributed by atoms with Gasteiger partial charge in [-0.25, -0.2) is 9.67 Å². The van der Waals surface area contributed by atoms with Crippen LogP contribution in [-0.4, -0.2) is 77.8 Å². The summed E-state index contributed by atoms with van der Waals surface area (Å²) in [6.45, 7) is -13.1. The van der Waals surface area contributed by atoms with Crippen molar-refractivity contribution in [2.24, 2.45) is 0 Å². The van der Waals surface area contributed by atoms with E-state index < -0.39 is 74.9 Å². The van der Waals surface area contributed by atoms with Crippen LogP contribution < -0.4 is 20.3 Å². The number of hydrogen-bond acceptors (Lipinski definition) is 9. The minimum absolute atomic E-state index is 0.0267. The second kappa shape index (κ2) is 12.6. The minimum Gasteiger partial charge on any atom is -0.494 e. The maximum atomic E-state index is 12.6. The Morgan fingerprint density at radius 3 is 2.83 bits per heavy atom. The van der Waals surface area contributed by atoms with Crippen molar-refractivity contribution in [2.75, 3.05) is 62.8 Å². The van der Waals surface area contributed by atoms with E-state index in [9.17, 15) is 4.79 Å². The number of rotatable bonds is 10. The average molecular weight is 571 g/mol. The van der Waals surface area contributed by atoms with Gasteiger partial charge in [0.1, 0.15) is 5.75 Å². The molecular weight excluding hydrogens is 520 g/mol. The van der Waals surface area contributed by atoms with Crippen molar-refractivity contribution in [2.45, 2.75) is 6.54 Å². The molecule has 0 bridgehead atoms. The largest absolute Gasteiger partial charge is 0.494 e. The predicted molar refractivity (Wildman–Crippen MR) is 160 cm³/mol. The maximum absolute atomic E-state index is 12.6. The van der Waals surface area contributed by atoms with Gasteiger partial charge in [-0.1, -0.05) is 36.8 Å². The van der Waals surface area contributed by atoms with Gasteiger partial charge in [-0.2, -0.15) is 10.1 Å². The van der Waals surface area contributed by atoms with E-state index in [1.54, 1.807) is 0 Å². The molecule has 0 saturated carbocycles. The monoisotopic (exact) mass is 570 g/mol. The first-order valence-electron chi connectivity index (χ1n) is 19.8. The molecule has 0 atom stereocenters. The van der Waals surface area contributed by atoms with Gasteiger partial charge in [0.15, 0.2) is 5.82 Å². The molecule has 2 N–H and O–H groups in total. The first-order valence-corrected chi connectivity index (χ1v) is 11.8. The number of ether oxygens (including phenoxy) is 2. The van der Waals surface area contributed by atoms with Gasteiger partial charge >= 0.3 is 0 Å². The van der Waals surface area contributed by atoms with Crippen molar-refractivity contribution in [3.8, 4) is 22.8 Å². The molecule has 1 fully saturated rings. The highest BCUT2D eigenvalue weighted by atomic mass is 16.5. The van der Waals surface area contributed by atoms with E-state index in [1.807, 2.05) is 0 Å². The van der Waals surface area contributed by atoms with Crippen LogP contribution in [0.5, 0.6) is 5.75 Å². The molecule has 1 aliphatic rings. The Hall–Kier alpha value is -4.74. The molecule has 5 rings (SSSR count). The number of carbonyl (C=O) groups is 1.